The first-order chi connectivity index (χ1) is 12.1. The Kier molecular flexibility index (Phi) is 9.75. The lowest BCUT2D eigenvalue weighted by molar-refractivity contribution is 0.187. The minimum absolute atomic E-state index is 0. The van der Waals surface area contributed by atoms with Crippen molar-refractivity contribution < 1.29 is 9.53 Å². The van der Waals surface area contributed by atoms with E-state index in [1.54, 1.807) is 7.05 Å². The number of methoxy groups -OCH3 is 1. The van der Waals surface area contributed by atoms with E-state index in [0.29, 0.717) is 17.6 Å². The highest BCUT2D eigenvalue weighted by molar-refractivity contribution is 14.0. The molecule has 0 saturated heterocycles. The highest BCUT2D eigenvalue weighted by Crippen LogP contribution is 2.40. The number of ether oxygens (including phenoxy) is 1. The Morgan fingerprint density at radius 1 is 1.19 bits per heavy atom. The Morgan fingerprint density at radius 3 is 2.38 bits per heavy atom. The zero-order valence-corrected chi connectivity index (χ0v) is 18.3. The van der Waals surface area contributed by atoms with Gasteiger partial charge in [-0.15, -0.1) is 24.0 Å². The Labute approximate surface area is 173 Å². The predicted molar refractivity (Wildman–Crippen MR) is 117 cm³/mol. The lowest BCUT2D eigenvalue weighted by atomic mass is 9.83. The fraction of sp³-hybridized carbons (Fsp3) is 0.579. The lowest BCUT2D eigenvalue weighted by Crippen LogP contribution is -2.42. The van der Waals surface area contributed by atoms with Crippen LogP contribution >= 0.6 is 24.0 Å². The van der Waals surface area contributed by atoms with Crippen LogP contribution in [-0.4, -0.2) is 32.8 Å². The van der Waals surface area contributed by atoms with Crippen molar-refractivity contribution >= 4 is 41.7 Å². The molecule has 1 amide bonds. The number of halogens is 1. The van der Waals surface area contributed by atoms with Crippen LogP contribution in [0.1, 0.15) is 44.6 Å². The van der Waals surface area contributed by atoms with E-state index in [1.807, 2.05) is 24.3 Å². The van der Waals surface area contributed by atoms with Crippen LogP contribution in [0.5, 0.6) is 0 Å². The summed E-state index contributed by atoms with van der Waals surface area (Å²) in [6.07, 6.45) is 6.05. The monoisotopic (exact) mass is 474 g/mol. The van der Waals surface area contributed by atoms with Crippen LogP contribution in [0.4, 0.5) is 10.5 Å². The molecule has 0 radical (unpaired) electrons. The Bertz CT molecular complexity index is 584. The number of amides is 1. The van der Waals surface area contributed by atoms with Crippen LogP contribution in [0, 0.1) is 5.41 Å². The molecule has 0 atom stereocenters. The summed E-state index contributed by atoms with van der Waals surface area (Å²) in [6.45, 7) is 3.94. The zero-order chi connectivity index (χ0) is 18.1. The number of rotatable bonds is 6. The molecule has 2 rings (SSSR count). The maximum atomic E-state index is 11.2. The number of nitrogens with one attached hydrogen (secondary N) is 3. The third kappa shape index (κ3) is 6.66. The molecular weight excluding hydrogens is 443 g/mol. The largest absolute Gasteiger partial charge is 0.453 e. The molecular formula is C19H31IN4O2. The molecule has 26 heavy (non-hydrogen) atoms. The van der Waals surface area contributed by atoms with Gasteiger partial charge in [-0.05, 0) is 42.4 Å². The Morgan fingerprint density at radius 2 is 1.85 bits per heavy atom. The van der Waals surface area contributed by atoms with Crippen molar-refractivity contribution in [1.29, 1.82) is 0 Å². The fourth-order valence-corrected chi connectivity index (χ4v) is 3.33. The molecule has 7 heteroatoms. The number of anilines is 1. The van der Waals surface area contributed by atoms with Gasteiger partial charge < -0.3 is 15.4 Å². The van der Waals surface area contributed by atoms with Gasteiger partial charge >= 0.3 is 6.09 Å². The minimum Gasteiger partial charge on any atom is -0.453 e. The van der Waals surface area contributed by atoms with E-state index in [9.17, 15) is 4.79 Å². The molecule has 1 saturated carbocycles. The molecule has 0 aliphatic heterocycles. The average molecular weight is 474 g/mol. The molecule has 146 valence electrons. The van der Waals surface area contributed by atoms with Crippen LogP contribution in [0.3, 0.4) is 0 Å². The van der Waals surface area contributed by atoms with E-state index in [4.69, 9.17) is 0 Å². The van der Waals surface area contributed by atoms with Gasteiger partial charge in [0.15, 0.2) is 5.96 Å². The molecule has 6 nitrogen and oxygen atoms in total. The van der Waals surface area contributed by atoms with Crippen molar-refractivity contribution in [3.05, 3.63) is 29.8 Å². The van der Waals surface area contributed by atoms with Crippen molar-refractivity contribution in [3.8, 4) is 0 Å². The van der Waals surface area contributed by atoms with Gasteiger partial charge in [0.1, 0.15) is 0 Å². The van der Waals surface area contributed by atoms with Gasteiger partial charge in [0.05, 0.1) is 7.11 Å². The highest BCUT2D eigenvalue weighted by Gasteiger charge is 2.31. The summed E-state index contributed by atoms with van der Waals surface area (Å²) in [5.41, 5.74) is 2.26. The Balaban J connectivity index is 0.00000338. The van der Waals surface area contributed by atoms with Crippen molar-refractivity contribution in [3.63, 3.8) is 0 Å². The number of guanidine groups is 1. The fourth-order valence-electron chi connectivity index (χ4n) is 3.33. The highest BCUT2D eigenvalue weighted by atomic mass is 127. The zero-order valence-electron chi connectivity index (χ0n) is 15.9. The molecule has 0 aromatic heterocycles. The van der Waals surface area contributed by atoms with E-state index in [-0.39, 0.29) is 24.0 Å². The van der Waals surface area contributed by atoms with Gasteiger partial charge in [0, 0.05) is 25.8 Å². The molecule has 0 heterocycles. The molecule has 0 spiro atoms. The molecule has 0 unspecified atom stereocenters. The standard InChI is InChI=1S/C19H30N4O2.HI/c1-4-19(11-5-6-12-19)14-22-17(20-2)21-13-15-7-9-16(10-8-15)23-18(24)25-3;/h7-10H,4-6,11-14H2,1-3H3,(H,23,24)(H2,20,21,22);1H. The maximum absolute atomic E-state index is 11.2. The second-order valence-corrected chi connectivity index (χ2v) is 6.65. The first kappa shape index (κ1) is 22.5. The number of carbonyl (C=O) groups is 1. The number of benzene rings is 1. The van der Waals surface area contributed by atoms with Crippen molar-refractivity contribution in [2.45, 2.75) is 45.6 Å². The third-order valence-electron chi connectivity index (χ3n) is 5.11. The molecule has 1 aromatic rings. The van der Waals surface area contributed by atoms with Crippen LogP contribution < -0.4 is 16.0 Å². The average Bonchev–Trinajstić information content (AvgIpc) is 3.12. The van der Waals surface area contributed by atoms with Crippen molar-refractivity contribution in [1.82, 2.24) is 10.6 Å². The molecule has 1 aromatic carbocycles. The van der Waals surface area contributed by atoms with Crippen molar-refractivity contribution in [2.24, 2.45) is 10.4 Å². The second-order valence-electron chi connectivity index (χ2n) is 6.65. The molecule has 1 aliphatic rings. The van der Waals surface area contributed by atoms with Crippen LogP contribution in [0.25, 0.3) is 0 Å². The quantitative estimate of drug-likeness (QED) is 0.330. The van der Waals surface area contributed by atoms with E-state index < -0.39 is 6.09 Å². The van der Waals surface area contributed by atoms with Gasteiger partial charge in [0.2, 0.25) is 0 Å². The third-order valence-corrected chi connectivity index (χ3v) is 5.11. The van der Waals surface area contributed by atoms with Crippen LogP contribution in [0.2, 0.25) is 0 Å². The van der Waals surface area contributed by atoms with Gasteiger partial charge in [-0.3, -0.25) is 10.3 Å². The van der Waals surface area contributed by atoms with E-state index in [1.165, 1.54) is 39.2 Å². The predicted octanol–water partition coefficient (Wildman–Crippen LogP) is 4.12. The Hall–Kier alpha value is -1.51. The number of hydrogen-bond donors (Lipinski definition) is 3. The normalized spacial score (nSPS) is 15.7. The van der Waals surface area contributed by atoms with Crippen LogP contribution in [-0.2, 0) is 11.3 Å². The lowest BCUT2D eigenvalue weighted by Gasteiger charge is -2.28. The van der Waals surface area contributed by atoms with Gasteiger partial charge in [-0.2, -0.15) is 0 Å². The first-order valence-corrected chi connectivity index (χ1v) is 8.99. The maximum Gasteiger partial charge on any atom is 0.411 e. The summed E-state index contributed by atoms with van der Waals surface area (Å²) < 4.78 is 4.58. The number of hydrogen-bond acceptors (Lipinski definition) is 3. The minimum atomic E-state index is -0.466. The summed E-state index contributed by atoms with van der Waals surface area (Å²) in [6, 6.07) is 7.65. The smallest absolute Gasteiger partial charge is 0.411 e. The van der Waals surface area contributed by atoms with E-state index >= 15 is 0 Å². The summed E-state index contributed by atoms with van der Waals surface area (Å²) in [4.78, 5) is 15.5. The molecule has 0 bridgehead atoms. The summed E-state index contributed by atoms with van der Waals surface area (Å²) in [7, 11) is 3.15. The van der Waals surface area contributed by atoms with Gasteiger partial charge in [0.25, 0.3) is 0 Å². The first-order valence-electron chi connectivity index (χ1n) is 8.99. The molecule has 3 N–H and O–H groups in total. The molecule has 1 aliphatic carbocycles. The van der Waals surface area contributed by atoms with Crippen molar-refractivity contribution in [2.75, 3.05) is 26.0 Å². The van der Waals surface area contributed by atoms with E-state index in [0.717, 1.165) is 18.1 Å². The molecule has 1 fully saturated rings. The summed E-state index contributed by atoms with van der Waals surface area (Å²) in [5.74, 6) is 0.830. The summed E-state index contributed by atoms with van der Waals surface area (Å²) in [5, 5.41) is 9.47. The number of aliphatic imine (C=N–C) groups is 1. The van der Waals surface area contributed by atoms with Gasteiger partial charge in [-0.1, -0.05) is 31.9 Å². The SMILES string of the molecule is CCC1(CNC(=NC)NCc2ccc(NC(=O)OC)cc2)CCCC1.I. The van der Waals surface area contributed by atoms with Gasteiger partial charge in [-0.25, -0.2) is 4.79 Å². The van der Waals surface area contributed by atoms with E-state index in [2.05, 4.69) is 32.6 Å². The summed E-state index contributed by atoms with van der Waals surface area (Å²) >= 11 is 0. The second kappa shape index (κ2) is 11.3. The topological polar surface area (TPSA) is 74.8 Å². The van der Waals surface area contributed by atoms with Crippen LogP contribution in [0.15, 0.2) is 29.3 Å². The number of carbonyl (C=O) groups excluding carboxylic acids is 1. The number of nitrogens with zero attached hydrogens (tertiary/aromatic N) is 1.